The molecule has 0 bridgehead atoms. The Bertz CT molecular complexity index is 878. The van der Waals surface area contributed by atoms with Gasteiger partial charge in [-0.25, -0.2) is 0 Å². The molecule has 0 aromatic heterocycles. The van der Waals surface area contributed by atoms with E-state index in [1.807, 2.05) is 6.07 Å². The summed E-state index contributed by atoms with van der Waals surface area (Å²) in [6.07, 6.45) is 4.41. The monoisotopic (exact) mass is 400 g/mol. The van der Waals surface area contributed by atoms with Crippen molar-refractivity contribution in [3.63, 3.8) is 0 Å². The van der Waals surface area contributed by atoms with Crippen LogP contribution in [0.3, 0.4) is 0 Å². The summed E-state index contributed by atoms with van der Waals surface area (Å²) in [5, 5.41) is 3.96. The van der Waals surface area contributed by atoms with Crippen LogP contribution in [-0.2, 0) is 5.41 Å². The third kappa shape index (κ3) is 4.43. The molecule has 1 fully saturated rings. The first-order chi connectivity index (χ1) is 14.7. The summed E-state index contributed by atoms with van der Waals surface area (Å²) in [6, 6.07) is 30.6. The van der Waals surface area contributed by atoms with E-state index < -0.39 is 0 Å². The topological polar surface area (TPSA) is 47.3 Å². The zero-order valence-corrected chi connectivity index (χ0v) is 17.8. The molecule has 0 amide bonds. The van der Waals surface area contributed by atoms with Crippen LogP contribution in [0.4, 0.5) is 0 Å². The summed E-state index contributed by atoms with van der Waals surface area (Å²) in [5.41, 5.74) is 10.3. The van der Waals surface area contributed by atoms with Gasteiger partial charge >= 0.3 is 0 Å². The Labute approximate surface area is 180 Å². The molecule has 156 valence electrons. The number of hydrogen-bond donors (Lipinski definition) is 2. The molecule has 3 N–H and O–H groups in total. The third-order valence-corrected chi connectivity index (χ3v) is 6.68. The van der Waals surface area contributed by atoms with Crippen molar-refractivity contribution in [1.82, 2.24) is 5.32 Å². The van der Waals surface area contributed by atoms with E-state index in [0.717, 1.165) is 31.4 Å². The highest BCUT2D eigenvalue weighted by Crippen LogP contribution is 2.40. The predicted octanol–water partition coefficient (Wildman–Crippen LogP) is 5.21. The minimum absolute atomic E-state index is 0.0434. The van der Waals surface area contributed by atoms with Gasteiger partial charge in [0, 0.05) is 18.0 Å². The lowest BCUT2D eigenvalue weighted by Crippen LogP contribution is -2.44. The fourth-order valence-electron chi connectivity index (χ4n) is 4.81. The maximum absolute atomic E-state index is 6.33. The highest BCUT2D eigenvalue weighted by molar-refractivity contribution is 5.35. The Hall–Kier alpha value is -2.62. The molecule has 1 saturated carbocycles. The molecule has 4 rings (SSSR count). The Kier molecular flexibility index (Phi) is 6.51. The summed E-state index contributed by atoms with van der Waals surface area (Å²) >= 11 is 0. The van der Waals surface area contributed by atoms with Gasteiger partial charge in [-0.1, -0.05) is 72.8 Å². The Balaban J connectivity index is 1.51. The van der Waals surface area contributed by atoms with Gasteiger partial charge < -0.3 is 15.8 Å². The van der Waals surface area contributed by atoms with Crippen molar-refractivity contribution in [3.8, 4) is 5.75 Å². The van der Waals surface area contributed by atoms with Gasteiger partial charge in [-0.2, -0.15) is 0 Å². The Morgan fingerprint density at radius 3 is 2.03 bits per heavy atom. The molecule has 0 saturated heterocycles. The lowest BCUT2D eigenvalue weighted by Gasteiger charge is -2.41. The van der Waals surface area contributed by atoms with Gasteiger partial charge in [0.1, 0.15) is 5.75 Å². The van der Waals surface area contributed by atoms with E-state index in [-0.39, 0.29) is 11.5 Å². The van der Waals surface area contributed by atoms with Crippen molar-refractivity contribution < 1.29 is 4.74 Å². The molecule has 3 aromatic carbocycles. The molecule has 1 aliphatic carbocycles. The number of methoxy groups -OCH3 is 1. The molecule has 3 nitrogen and oxygen atoms in total. The summed E-state index contributed by atoms with van der Waals surface area (Å²) in [5.74, 6) is 0.911. The standard InChI is InChI=1S/C27H32N2O/c1-30-25-14-8-13-23(19-25)27(20-28)17-15-24(16-18-27)29-26(21-9-4-2-5-10-21)22-11-6-3-7-12-22/h2-14,19,24,26,29H,15-18,20,28H2,1H3. The van der Waals surface area contributed by atoms with Crippen LogP contribution in [-0.4, -0.2) is 19.7 Å². The van der Waals surface area contributed by atoms with Crippen molar-refractivity contribution in [2.45, 2.75) is 43.2 Å². The Morgan fingerprint density at radius 2 is 1.50 bits per heavy atom. The van der Waals surface area contributed by atoms with Gasteiger partial charge in [0.25, 0.3) is 0 Å². The molecule has 0 spiro atoms. The van der Waals surface area contributed by atoms with Crippen molar-refractivity contribution in [2.24, 2.45) is 5.73 Å². The zero-order valence-electron chi connectivity index (χ0n) is 17.8. The number of rotatable bonds is 7. The summed E-state index contributed by atoms with van der Waals surface area (Å²) in [4.78, 5) is 0. The summed E-state index contributed by atoms with van der Waals surface area (Å²) in [7, 11) is 1.72. The Morgan fingerprint density at radius 1 is 0.900 bits per heavy atom. The minimum Gasteiger partial charge on any atom is -0.497 e. The molecule has 0 atom stereocenters. The van der Waals surface area contributed by atoms with Crippen LogP contribution in [0, 0.1) is 0 Å². The van der Waals surface area contributed by atoms with E-state index in [2.05, 4.69) is 84.2 Å². The average molecular weight is 401 g/mol. The SMILES string of the molecule is COc1cccc(C2(CN)CCC(NC(c3ccccc3)c3ccccc3)CC2)c1. The van der Waals surface area contributed by atoms with E-state index in [1.54, 1.807) is 7.11 Å². The fourth-order valence-corrected chi connectivity index (χ4v) is 4.81. The van der Waals surface area contributed by atoms with Crippen LogP contribution in [0.15, 0.2) is 84.9 Å². The van der Waals surface area contributed by atoms with Crippen LogP contribution in [0.1, 0.15) is 48.4 Å². The highest BCUT2D eigenvalue weighted by Gasteiger charge is 2.36. The summed E-state index contributed by atoms with van der Waals surface area (Å²) in [6.45, 7) is 0.674. The van der Waals surface area contributed by atoms with Crippen molar-refractivity contribution in [2.75, 3.05) is 13.7 Å². The van der Waals surface area contributed by atoms with E-state index in [1.165, 1.54) is 16.7 Å². The number of hydrogen-bond acceptors (Lipinski definition) is 3. The third-order valence-electron chi connectivity index (χ3n) is 6.68. The van der Waals surface area contributed by atoms with E-state index in [9.17, 15) is 0 Å². The van der Waals surface area contributed by atoms with E-state index in [0.29, 0.717) is 12.6 Å². The predicted molar refractivity (Wildman–Crippen MR) is 124 cm³/mol. The maximum Gasteiger partial charge on any atom is 0.119 e. The van der Waals surface area contributed by atoms with Gasteiger partial charge in [-0.3, -0.25) is 0 Å². The van der Waals surface area contributed by atoms with Crippen LogP contribution in [0.25, 0.3) is 0 Å². The highest BCUT2D eigenvalue weighted by atomic mass is 16.5. The molecule has 0 aliphatic heterocycles. The number of nitrogens with two attached hydrogens (primary N) is 1. The first-order valence-corrected chi connectivity index (χ1v) is 10.9. The molecule has 3 aromatic rings. The molecule has 0 heterocycles. The lowest BCUT2D eigenvalue weighted by atomic mass is 9.68. The second kappa shape index (κ2) is 9.46. The second-order valence-corrected chi connectivity index (χ2v) is 8.41. The van der Waals surface area contributed by atoms with Gasteiger partial charge in [0.15, 0.2) is 0 Å². The fraction of sp³-hybridized carbons (Fsp3) is 0.333. The largest absolute Gasteiger partial charge is 0.497 e. The maximum atomic E-state index is 6.33. The van der Waals surface area contributed by atoms with E-state index in [4.69, 9.17) is 10.5 Å². The normalized spacial score (nSPS) is 21.5. The van der Waals surface area contributed by atoms with Gasteiger partial charge in [-0.05, 0) is 54.5 Å². The van der Waals surface area contributed by atoms with Gasteiger partial charge in [0.05, 0.1) is 13.2 Å². The molecular weight excluding hydrogens is 368 g/mol. The van der Waals surface area contributed by atoms with Gasteiger partial charge in [-0.15, -0.1) is 0 Å². The van der Waals surface area contributed by atoms with Crippen molar-refractivity contribution in [1.29, 1.82) is 0 Å². The zero-order chi connectivity index (χ0) is 20.8. The van der Waals surface area contributed by atoms with Crippen LogP contribution < -0.4 is 15.8 Å². The second-order valence-electron chi connectivity index (χ2n) is 8.41. The van der Waals surface area contributed by atoms with Crippen LogP contribution >= 0.6 is 0 Å². The molecule has 0 radical (unpaired) electrons. The van der Waals surface area contributed by atoms with E-state index >= 15 is 0 Å². The quantitative estimate of drug-likeness (QED) is 0.572. The average Bonchev–Trinajstić information content (AvgIpc) is 2.84. The van der Waals surface area contributed by atoms with Crippen molar-refractivity contribution in [3.05, 3.63) is 102 Å². The van der Waals surface area contributed by atoms with Crippen LogP contribution in [0.2, 0.25) is 0 Å². The smallest absolute Gasteiger partial charge is 0.119 e. The molecule has 3 heteroatoms. The number of nitrogens with one attached hydrogen (secondary N) is 1. The number of benzene rings is 3. The molecule has 30 heavy (non-hydrogen) atoms. The molecular formula is C27H32N2O. The first kappa shape index (κ1) is 20.6. The minimum atomic E-state index is 0.0434. The number of ether oxygens (including phenoxy) is 1. The summed E-state index contributed by atoms with van der Waals surface area (Å²) < 4.78 is 5.45. The molecule has 1 aliphatic rings. The van der Waals surface area contributed by atoms with Gasteiger partial charge in [0.2, 0.25) is 0 Å². The van der Waals surface area contributed by atoms with Crippen LogP contribution in [0.5, 0.6) is 5.75 Å². The van der Waals surface area contributed by atoms with Crippen molar-refractivity contribution >= 4 is 0 Å². The first-order valence-electron chi connectivity index (χ1n) is 10.9. The lowest BCUT2D eigenvalue weighted by molar-refractivity contribution is 0.244. The molecule has 0 unspecified atom stereocenters.